The van der Waals surface area contributed by atoms with E-state index in [2.05, 4.69) is 17.9 Å². The van der Waals surface area contributed by atoms with Gasteiger partial charge in [-0.25, -0.2) is 0 Å². The van der Waals surface area contributed by atoms with E-state index in [4.69, 9.17) is 38.8 Å². The number of rotatable bonds is 4. The summed E-state index contributed by atoms with van der Waals surface area (Å²) < 4.78 is 6.07. The molecular weight excluding hydrogens is 469 g/mol. The van der Waals surface area contributed by atoms with Crippen LogP contribution in [0, 0.1) is 11.3 Å². The minimum absolute atomic E-state index is 0.125. The van der Waals surface area contributed by atoms with E-state index >= 15 is 0 Å². The molecule has 0 spiro atoms. The Bertz CT molecular complexity index is 1160. The van der Waals surface area contributed by atoms with E-state index < -0.39 is 0 Å². The number of benzene rings is 2. The summed E-state index contributed by atoms with van der Waals surface area (Å²) in [4.78, 5) is 2.35. The third kappa shape index (κ3) is 5.65. The Morgan fingerprint density at radius 2 is 1.76 bits per heavy atom. The molecule has 0 fully saturated rings. The zero-order valence-electron chi connectivity index (χ0n) is 19.4. The second-order valence-corrected chi connectivity index (χ2v) is 8.83. The zero-order chi connectivity index (χ0) is 24.7. The molecule has 0 saturated carbocycles. The summed E-state index contributed by atoms with van der Waals surface area (Å²) >= 11 is 13.0. The molecular formula is C27H29Cl2N3O2. The van der Waals surface area contributed by atoms with Gasteiger partial charge >= 0.3 is 0 Å². The fourth-order valence-electron chi connectivity index (χ4n) is 4.26. The maximum absolute atomic E-state index is 9.90. The van der Waals surface area contributed by atoms with Gasteiger partial charge in [0.2, 0.25) is 5.88 Å². The first-order valence-corrected chi connectivity index (χ1v) is 12.0. The summed E-state index contributed by atoms with van der Waals surface area (Å²) in [7, 11) is 0. The van der Waals surface area contributed by atoms with E-state index in [-0.39, 0.29) is 18.4 Å². The van der Waals surface area contributed by atoms with Gasteiger partial charge in [0.15, 0.2) is 0 Å². The monoisotopic (exact) mass is 497 g/mol. The van der Waals surface area contributed by atoms with Gasteiger partial charge in [-0.2, -0.15) is 5.26 Å². The molecule has 3 N–H and O–H groups in total. The normalized spacial score (nSPS) is 19.2. The average molecular weight is 498 g/mol. The molecule has 0 bridgehead atoms. The molecule has 34 heavy (non-hydrogen) atoms. The van der Waals surface area contributed by atoms with Crippen LogP contribution in [0.3, 0.4) is 0 Å². The molecule has 2 aliphatic rings. The number of nitriles is 1. The van der Waals surface area contributed by atoms with Crippen LogP contribution < -0.4 is 5.73 Å². The Hall–Kier alpha value is -2.75. The van der Waals surface area contributed by atoms with E-state index in [1.165, 1.54) is 0 Å². The lowest BCUT2D eigenvalue weighted by Gasteiger charge is -2.38. The number of allylic oxidation sites excluding steroid dienone is 1. The predicted octanol–water partition coefficient (Wildman–Crippen LogP) is 5.86. The second kappa shape index (κ2) is 12.1. The Kier molecular flexibility index (Phi) is 9.20. The SMILES string of the molecule is CCCN1CC2=C(OC(N)=C(C#N)C2c2ccccc2Cl)/C(=C/c2ccccc2Cl)C1.CCO. The highest BCUT2D eigenvalue weighted by molar-refractivity contribution is 6.32. The van der Waals surface area contributed by atoms with Crippen molar-refractivity contribution in [3.05, 3.63) is 98.1 Å². The number of ether oxygens (including phenoxy) is 1. The third-order valence-corrected chi connectivity index (χ3v) is 6.29. The van der Waals surface area contributed by atoms with Gasteiger partial charge in [0, 0.05) is 35.3 Å². The van der Waals surface area contributed by atoms with Crippen molar-refractivity contribution < 1.29 is 9.84 Å². The van der Waals surface area contributed by atoms with Gasteiger partial charge in [-0.1, -0.05) is 66.5 Å². The van der Waals surface area contributed by atoms with Gasteiger partial charge in [-0.3, -0.25) is 4.90 Å². The van der Waals surface area contributed by atoms with Crippen LogP contribution in [0.4, 0.5) is 0 Å². The van der Waals surface area contributed by atoms with Crippen LogP contribution in [0.25, 0.3) is 6.08 Å². The van der Waals surface area contributed by atoms with Crippen molar-refractivity contribution in [1.29, 1.82) is 5.26 Å². The van der Waals surface area contributed by atoms with Crippen molar-refractivity contribution in [3.63, 3.8) is 0 Å². The highest BCUT2D eigenvalue weighted by atomic mass is 35.5. The lowest BCUT2D eigenvalue weighted by molar-refractivity contribution is 0.234. The number of nitrogens with zero attached hydrogens (tertiary/aromatic N) is 2. The van der Waals surface area contributed by atoms with Gasteiger partial charge in [-0.05, 0) is 54.8 Å². The van der Waals surface area contributed by atoms with Crippen LogP contribution >= 0.6 is 23.2 Å². The largest absolute Gasteiger partial charge is 0.440 e. The number of hydrogen-bond acceptors (Lipinski definition) is 5. The van der Waals surface area contributed by atoms with Gasteiger partial charge in [0.1, 0.15) is 17.4 Å². The summed E-state index contributed by atoms with van der Waals surface area (Å²) in [5.41, 5.74) is 10.4. The Morgan fingerprint density at radius 3 is 2.38 bits per heavy atom. The predicted molar refractivity (Wildman–Crippen MR) is 138 cm³/mol. The third-order valence-electron chi connectivity index (χ3n) is 5.60. The van der Waals surface area contributed by atoms with Crippen LogP contribution in [-0.4, -0.2) is 36.2 Å². The molecule has 0 radical (unpaired) electrons. The zero-order valence-corrected chi connectivity index (χ0v) is 20.9. The van der Waals surface area contributed by atoms with Gasteiger partial charge in [0.05, 0.1) is 5.92 Å². The van der Waals surface area contributed by atoms with E-state index in [0.29, 0.717) is 34.5 Å². The molecule has 2 aromatic rings. The first-order valence-electron chi connectivity index (χ1n) is 11.3. The molecule has 7 heteroatoms. The van der Waals surface area contributed by atoms with Gasteiger partial charge in [0.25, 0.3) is 0 Å². The molecule has 2 heterocycles. The van der Waals surface area contributed by atoms with Crippen LogP contribution in [-0.2, 0) is 4.74 Å². The smallest absolute Gasteiger partial charge is 0.205 e. The highest BCUT2D eigenvalue weighted by Gasteiger charge is 2.38. The summed E-state index contributed by atoms with van der Waals surface area (Å²) in [5.74, 6) is 0.491. The molecule has 0 aliphatic carbocycles. The fraction of sp³-hybridized carbons (Fsp3) is 0.296. The van der Waals surface area contributed by atoms with E-state index in [1.54, 1.807) is 6.92 Å². The van der Waals surface area contributed by atoms with Crippen molar-refractivity contribution in [2.75, 3.05) is 26.2 Å². The highest BCUT2D eigenvalue weighted by Crippen LogP contribution is 2.45. The topological polar surface area (TPSA) is 82.5 Å². The lowest BCUT2D eigenvalue weighted by atomic mass is 9.80. The molecule has 178 valence electrons. The molecule has 2 aromatic carbocycles. The number of aliphatic hydroxyl groups excluding tert-OH is 1. The standard InChI is InChI=1S/C25H23Cl2N3O.C2H6O/c1-2-11-30-14-17(12-16-7-3-5-9-21(16)26)24-20(15-30)23(19(13-28)25(29)31-24)18-8-4-6-10-22(18)27;1-2-3/h3-10,12,23H,2,11,14-15,29H2,1H3;3H,2H2,1H3/b17-12+;. The maximum Gasteiger partial charge on any atom is 0.205 e. The van der Waals surface area contributed by atoms with Crippen molar-refractivity contribution in [3.8, 4) is 6.07 Å². The second-order valence-electron chi connectivity index (χ2n) is 8.02. The van der Waals surface area contributed by atoms with E-state index in [1.807, 2.05) is 54.6 Å². The van der Waals surface area contributed by atoms with Gasteiger partial charge < -0.3 is 15.6 Å². The number of halogens is 2. The molecule has 0 amide bonds. The van der Waals surface area contributed by atoms with Crippen molar-refractivity contribution in [1.82, 2.24) is 4.90 Å². The Balaban J connectivity index is 0.00000103. The van der Waals surface area contributed by atoms with Gasteiger partial charge in [-0.15, -0.1) is 0 Å². The van der Waals surface area contributed by atoms with Crippen LogP contribution in [0.15, 0.2) is 76.9 Å². The Labute approximate surface area is 211 Å². The molecule has 0 aromatic heterocycles. The quantitative estimate of drug-likeness (QED) is 0.552. The number of hydrogen-bond donors (Lipinski definition) is 2. The lowest BCUT2D eigenvalue weighted by Crippen LogP contribution is -2.38. The van der Waals surface area contributed by atoms with E-state index in [9.17, 15) is 5.26 Å². The first kappa shape index (κ1) is 25.9. The van der Waals surface area contributed by atoms with Crippen LogP contribution in [0.1, 0.15) is 37.3 Å². The summed E-state index contributed by atoms with van der Waals surface area (Å²) in [6, 6.07) is 17.6. The molecule has 5 nitrogen and oxygen atoms in total. The average Bonchev–Trinajstić information content (AvgIpc) is 2.81. The molecule has 1 unspecified atom stereocenters. The van der Waals surface area contributed by atoms with Crippen molar-refractivity contribution in [2.24, 2.45) is 5.73 Å². The summed E-state index contributed by atoms with van der Waals surface area (Å²) in [5, 5.41) is 18.7. The minimum Gasteiger partial charge on any atom is -0.440 e. The Morgan fingerprint density at radius 1 is 1.12 bits per heavy atom. The summed E-state index contributed by atoms with van der Waals surface area (Å²) in [6.07, 6.45) is 3.07. The minimum atomic E-state index is -0.350. The number of nitrogens with two attached hydrogens (primary N) is 1. The summed E-state index contributed by atoms with van der Waals surface area (Å²) in [6.45, 7) is 6.40. The first-order chi connectivity index (χ1) is 16.4. The fourth-order valence-corrected chi connectivity index (χ4v) is 4.70. The molecule has 1 atom stereocenters. The van der Waals surface area contributed by atoms with Crippen molar-refractivity contribution in [2.45, 2.75) is 26.2 Å². The van der Waals surface area contributed by atoms with Crippen molar-refractivity contribution >= 4 is 29.3 Å². The maximum atomic E-state index is 9.90. The molecule has 4 rings (SSSR count). The van der Waals surface area contributed by atoms with E-state index in [0.717, 1.165) is 35.2 Å². The molecule has 0 saturated heterocycles. The van der Waals surface area contributed by atoms with Crippen LogP contribution in [0.2, 0.25) is 10.0 Å². The van der Waals surface area contributed by atoms with Crippen LogP contribution in [0.5, 0.6) is 0 Å². The number of aliphatic hydroxyl groups is 1. The molecule has 2 aliphatic heterocycles.